The number of halogens is 1. The van der Waals surface area contributed by atoms with Gasteiger partial charge in [-0.05, 0) is 42.3 Å². The Kier molecular flexibility index (Phi) is 4.09. The highest BCUT2D eigenvalue weighted by molar-refractivity contribution is 9.10. The summed E-state index contributed by atoms with van der Waals surface area (Å²) in [6, 6.07) is 8.34. The Bertz CT molecular complexity index is 1040. The lowest BCUT2D eigenvalue weighted by molar-refractivity contribution is -0.131. The van der Waals surface area contributed by atoms with Crippen LogP contribution in [0, 0.1) is 0 Å². The molecule has 5 rings (SSSR count). The van der Waals surface area contributed by atoms with E-state index >= 15 is 0 Å². The largest absolute Gasteiger partial charge is 0.486 e. The lowest BCUT2D eigenvalue weighted by Crippen LogP contribution is -2.40. The Hall–Kier alpha value is -2.94. The van der Waals surface area contributed by atoms with Crippen molar-refractivity contribution in [3.8, 4) is 23.0 Å². The van der Waals surface area contributed by atoms with Crippen molar-refractivity contribution in [3.63, 3.8) is 0 Å². The van der Waals surface area contributed by atoms with Crippen molar-refractivity contribution in [1.82, 2.24) is 10.2 Å². The van der Waals surface area contributed by atoms with Gasteiger partial charge in [-0.25, -0.2) is 4.79 Å². The topological polar surface area (TPSA) is 86.3 Å². The second kappa shape index (κ2) is 6.55. The van der Waals surface area contributed by atoms with E-state index in [0.29, 0.717) is 41.8 Å². The predicted octanol–water partition coefficient (Wildman–Crippen LogP) is 2.92. The van der Waals surface area contributed by atoms with Crippen molar-refractivity contribution in [3.05, 3.63) is 45.9 Å². The molecule has 2 aromatic rings. The van der Waals surface area contributed by atoms with Gasteiger partial charge in [-0.2, -0.15) is 0 Å². The smallest absolute Gasteiger partial charge is 0.325 e. The second-order valence-corrected chi connectivity index (χ2v) is 7.96. The lowest BCUT2D eigenvalue weighted by atomic mass is 9.91. The SMILES string of the molecule is CC1(c2ccc3c(c2)OCO3)NC(=O)N(Cc2cc3c(cc2Br)OCCO3)C1=O. The molecule has 0 spiro atoms. The Labute approximate surface area is 174 Å². The summed E-state index contributed by atoms with van der Waals surface area (Å²) in [5.74, 6) is 2.06. The van der Waals surface area contributed by atoms with E-state index in [1.165, 1.54) is 4.90 Å². The number of carbonyl (C=O) groups is 2. The summed E-state index contributed by atoms with van der Waals surface area (Å²) in [5.41, 5.74) is 0.176. The highest BCUT2D eigenvalue weighted by Gasteiger charge is 2.49. The number of carbonyl (C=O) groups excluding carboxylic acids is 2. The van der Waals surface area contributed by atoms with Crippen LogP contribution < -0.4 is 24.3 Å². The van der Waals surface area contributed by atoms with Crippen LogP contribution in [0.3, 0.4) is 0 Å². The summed E-state index contributed by atoms with van der Waals surface area (Å²) in [5, 5.41) is 2.81. The van der Waals surface area contributed by atoms with Gasteiger partial charge in [0.15, 0.2) is 23.0 Å². The fourth-order valence-electron chi connectivity index (χ4n) is 3.64. The van der Waals surface area contributed by atoms with E-state index in [2.05, 4.69) is 21.2 Å². The fraction of sp³-hybridized carbons (Fsp3) is 0.300. The Morgan fingerprint density at radius 3 is 2.48 bits per heavy atom. The van der Waals surface area contributed by atoms with Crippen molar-refractivity contribution in [2.75, 3.05) is 20.0 Å². The molecule has 0 saturated carbocycles. The van der Waals surface area contributed by atoms with Crippen LogP contribution in [-0.2, 0) is 16.9 Å². The molecule has 150 valence electrons. The first-order chi connectivity index (χ1) is 14.0. The zero-order valence-electron chi connectivity index (χ0n) is 15.5. The van der Waals surface area contributed by atoms with Crippen LogP contribution in [0.2, 0.25) is 0 Å². The molecule has 8 nitrogen and oxygen atoms in total. The number of urea groups is 1. The van der Waals surface area contributed by atoms with Crippen LogP contribution in [-0.4, -0.2) is 36.8 Å². The van der Waals surface area contributed by atoms with Crippen molar-refractivity contribution < 1.29 is 28.5 Å². The Morgan fingerprint density at radius 1 is 1.00 bits per heavy atom. The number of nitrogens with one attached hydrogen (secondary N) is 1. The molecule has 3 amide bonds. The molecular weight excluding hydrogens is 444 g/mol. The molecule has 1 atom stereocenters. The average molecular weight is 461 g/mol. The maximum Gasteiger partial charge on any atom is 0.325 e. The third-order valence-electron chi connectivity index (χ3n) is 5.26. The van der Waals surface area contributed by atoms with Gasteiger partial charge in [0.25, 0.3) is 5.91 Å². The minimum Gasteiger partial charge on any atom is -0.486 e. The number of ether oxygens (including phenoxy) is 4. The van der Waals surface area contributed by atoms with Crippen molar-refractivity contribution in [1.29, 1.82) is 0 Å². The molecule has 0 bridgehead atoms. The van der Waals surface area contributed by atoms with Crippen molar-refractivity contribution in [2.45, 2.75) is 19.0 Å². The normalized spacial score (nSPS) is 22.1. The number of imide groups is 1. The minimum atomic E-state index is -1.20. The van der Waals surface area contributed by atoms with Crippen LogP contribution in [0.15, 0.2) is 34.8 Å². The van der Waals surface area contributed by atoms with Gasteiger partial charge >= 0.3 is 6.03 Å². The summed E-state index contributed by atoms with van der Waals surface area (Å²) in [7, 11) is 0. The quantitative estimate of drug-likeness (QED) is 0.708. The van der Waals surface area contributed by atoms with E-state index in [0.717, 1.165) is 10.0 Å². The molecule has 0 aromatic heterocycles. The zero-order valence-corrected chi connectivity index (χ0v) is 17.1. The molecule has 1 fully saturated rings. The van der Waals surface area contributed by atoms with E-state index in [1.54, 1.807) is 37.3 Å². The van der Waals surface area contributed by atoms with Gasteiger partial charge in [-0.15, -0.1) is 0 Å². The number of benzene rings is 2. The van der Waals surface area contributed by atoms with Crippen LogP contribution >= 0.6 is 15.9 Å². The molecule has 1 unspecified atom stereocenters. The molecule has 2 aromatic carbocycles. The molecular formula is C20H17BrN2O6. The van der Waals surface area contributed by atoms with E-state index in [4.69, 9.17) is 18.9 Å². The maximum absolute atomic E-state index is 13.2. The summed E-state index contributed by atoms with van der Waals surface area (Å²) in [6.07, 6.45) is 0. The standard InChI is InChI=1S/C20H17BrN2O6/c1-20(12-2-3-14-16(7-12)29-10-28-14)18(24)23(19(25)22-20)9-11-6-15-17(8-13(11)21)27-5-4-26-15/h2-3,6-8H,4-5,9-10H2,1H3,(H,22,25). The van der Waals surface area contributed by atoms with Gasteiger partial charge in [-0.1, -0.05) is 22.0 Å². The fourth-order valence-corrected chi connectivity index (χ4v) is 4.09. The first-order valence-corrected chi connectivity index (χ1v) is 9.87. The molecule has 9 heteroatoms. The molecule has 3 aliphatic rings. The third-order valence-corrected chi connectivity index (χ3v) is 6.00. The monoisotopic (exact) mass is 460 g/mol. The molecule has 0 radical (unpaired) electrons. The van der Waals surface area contributed by atoms with E-state index < -0.39 is 11.6 Å². The van der Waals surface area contributed by atoms with Gasteiger partial charge < -0.3 is 24.3 Å². The van der Waals surface area contributed by atoms with Crippen LogP contribution in [0.4, 0.5) is 4.79 Å². The minimum absolute atomic E-state index is 0.0992. The Balaban J connectivity index is 1.44. The summed E-state index contributed by atoms with van der Waals surface area (Å²) in [6.45, 7) is 2.87. The van der Waals surface area contributed by atoms with Gasteiger partial charge in [0.05, 0.1) is 6.54 Å². The zero-order chi connectivity index (χ0) is 20.2. The van der Waals surface area contributed by atoms with Crippen molar-refractivity contribution in [2.24, 2.45) is 0 Å². The number of hydrogen-bond acceptors (Lipinski definition) is 6. The van der Waals surface area contributed by atoms with E-state index in [-0.39, 0.29) is 19.2 Å². The summed E-state index contributed by atoms with van der Waals surface area (Å²) >= 11 is 3.49. The van der Waals surface area contributed by atoms with E-state index in [9.17, 15) is 9.59 Å². The van der Waals surface area contributed by atoms with E-state index in [1.807, 2.05) is 0 Å². The third kappa shape index (κ3) is 2.88. The molecule has 1 N–H and O–H groups in total. The van der Waals surface area contributed by atoms with Crippen LogP contribution in [0.5, 0.6) is 23.0 Å². The van der Waals surface area contributed by atoms with Gasteiger partial charge in [0.1, 0.15) is 18.8 Å². The number of amides is 3. The summed E-state index contributed by atoms with van der Waals surface area (Å²) < 4.78 is 22.6. The number of hydrogen-bond donors (Lipinski definition) is 1. The highest BCUT2D eigenvalue weighted by Crippen LogP contribution is 2.40. The molecule has 3 aliphatic heterocycles. The lowest BCUT2D eigenvalue weighted by Gasteiger charge is -2.23. The highest BCUT2D eigenvalue weighted by atomic mass is 79.9. The number of fused-ring (bicyclic) bond motifs is 2. The molecule has 3 heterocycles. The van der Waals surface area contributed by atoms with Crippen LogP contribution in [0.25, 0.3) is 0 Å². The second-order valence-electron chi connectivity index (χ2n) is 7.10. The number of nitrogens with zero attached hydrogens (tertiary/aromatic N) is 1. The molecule has 29 heavy (non-hydrogen) atoms. The van der Waals surface area contributed by atoms with Gasteiger partial charge in [-0.3, -0.25) is 9.69 Å². The summed E-state index contributed by atoms with van der Waals surface area (Å²) in [4.78, 5) is 27.1. The maximum atomic E-state index is 13.2. The first kappa shape index (κ1) is 18.1. The average Bonchev–Trinajstić information content (AvgIpc) is 3.26. The van der Waals surface area contributed by atoms with Gasteiger partial charge in [0.2, 0.25) is 6.79 Å². The Morgan fingerprint density at radius 2 is 1.69 bits per heavy atom. The van der Waals surface area contributed by atoms with Crippen LogP contribution in [0.1, 0.15) is 18.1 Å². The first-order valence-electron chi connectivity index (χ1n) is 9.08. The number of rotatable bonds is 3. The predicted molar refractivity (Wildman–Crippen MR) is 104 cm³/mol. The molecule has 0 aliphatic carbocycles. The van der Waals surface area contributed by atoms with Gasteiger partial charge in [0, 0.05) is 4.47 Å². The molecule has 1 saturated heterocycles. The van der Waals surface area contributed by atoms with Crippen molar-refractivity contribution >= 4 is 27.9 Å².